The number of likely N-dealkylation sites (tertiary alicyclic amines) is 2. The molecule has 27 nitrogen and oxygen atoms in total. The number of likely N-dealkylation sites (N-methyl/N-ethyl adjacent to an activating group) is 8. The monoisotopic (exact) mass is 1980 g/mol. The molecule has 6 aliphatic heterocycles. The predicted molar refractivity (Wildman–Crippen MR) is 631 cm³/mol. The predicted octanol–water partition coefficient (Wildman–Crippen LogP) is 17.8. The molecule has 0 spiro atoms. The Morgan fingerprint density at radius 3 is 0.886 bits per heavy atom. The number of fused-ring (bicyclic) bond motifs is 3. The van der Waals surface area contributed by atoms with Crippen LogP contribution in [0, 0.1) is 11.8 Å². The quantitative estimate of drug-likeness (QED) is 0.0389. The Bertz CT molecular complexity index is 3220. The van der Waals surface area contributed by atoms with Crippen molar-refractivity contribution in [3.63, 3.8) is 0 Å². The van der Waals surface area contributed by atoms with Crippen molar-refractivity contribution in [2.45, 2.75) is 185 Å². The minimum absolute atomic E-state index is 0. The zero-order chi connectivity index (χ0) is 96.0. The van der Waals surface area contributed by atoms with E-state index in [0.717, 1.165) is 63.9 Å². The number of primary amides is 1. The van der Waals surface area contributed by atoms with Crippen LogP contribution in [0.15, 0.2) is 153 Å². The molecule has 6 aliphatic rings. The highest BCUT2D eigenvalue weighted by Gasteiger charge is 2.23. The number of aryl methyl sites for hydroxylation is 2. The fourth-order valence-corrected chi connectivity index (χ4v) is 13.3. The van der Waals surface area contributed by atoms with Gasteiger partial charge < -0.3 is 89.2 Å². The number of piperidine rings is 2. The van der Waals surface area contributed by atoms with Crippen LogP contribution in [0.25, 0.3) is 11.1 Å². The van der Waals surface area contributed by atoms with E-state index in [1.807, 2.05) is 62.8 Å². The summed E-state index contributed by atoms with van der Waals surface area (Å²) >= 11 is 0. The highest BCUT2D eigenvalue weighted by Crippen LogP contribution is 2.28. The Hall–Kier alpha value is -6.97. The number of carbonyl (C=O) groups is 1. The van der Waals surface area contributed by atoms with Gasteiger partial charge in [-0.05, 0) is 362 Å². The van der Waals surface area contributed by atoms with Crippen LogP contribution < -0.4 is 15.5 Å². The first-order valence-electron chi connectivity index (χ1n) is 46.8. The summed E-state index contributed by atoms with van der Waals surface area (Å²) in [6.07, 6.45) is 38.5. The third kappa shape index (κ3) is 97.1. The number of amides is 1. The summed E-state index contributed by atoms with van der Waals surface area (Å²) in [5.41, 5.74) is 12.7. The maximum atomic E-state index is 10.3. The van der Waals surface area contributed by atoms with Crippen LogP contribution in [0.4, 0.5) is 11.4 Å². The number of hydrogen-bond donors (Lipinski definition) is 2. The highest BCUT2D eigenvalue weighted by atomic mass is 16.3. The van der Waals surface area contributed by atoms with Gasteiger partial charge in [0, 0.05) is 212 Å². The average Bonchev–Trinajstić information content (AvgIpc) is 0.843. The van der Waals surface area contributed by atoms with E-state index in [2.05, 4.69) is 369 Å². The molecule has 140 heavy (non-hydrogen) atoms. The molecule has 6 saturated heterocycles. The summed E-state index contributed by atoms with van der Waals surface area (Å²) in [6.45, 7) is 29.8. The number of carbonyl (C=O) groups excluding carboxylic acids is 1. The molecule has 27 heteroatoms. The lowest BCUT2D eigenvalue weighted by atomic mass is 9.87. The Labute approximate surface area is 872 Å². The number of aliphatic hydroxyl groups is 1. The van der Waals surface area contributed by atoms with Gasteiger partial charge in [-0.25, -0.2) is 4.98 Å². The molecule has 1 unspecified atom stereocenters. The van der Waals surface area contributed by atoms with Gasteiger partial charge in [0.15, 0.2) is 0 Å². The molecular weight excluding hydrogens is 1740 g/mol. The van der Waals surface area contributed by atoms with E-state index < -0.39 is 5.91 Å². The van der Waals surface area contributed by atoms with Crippen LogP contribution in [-0.2, 0) is 12.8 Å². The van der Waals surface area contributed by atoms with Gasteiger partial charge in [-0.3, -0.25) is 39.5 Å². The zero-order valence-corrected chi connectivity index (χ0v) is 86.7. The van der Waals surface area contributed by atoms with Crippen LogP contribution in [0.1, 0.15) is 182 Å². The lowest BCUT2D eigenvalue weighted by Gasteiger charge is -2.41. The molecule has 3 N–H and O–H groups in total. The number of piperazine rings is 4. The Kier molecular flexibility index (Phi) is 117. The first-order valence-corrected chi connectivity index (χ1v) is 46.8. The third-order valence-electron chi connectivity index (χ3n) is 22.0. The van der Waals surface area contributed by atoms with Crippen LogP contribution in [-0.4, -0.2) is 479 Å². The zero-order valence-electron chi connectivity index (χ0n) is 86.7. The van der Waals surface area contributed by atoms with Crippen molar-refractivity contribution in [1.29, 1.82) is 0 Å². The highest BCUT2D eigenvalue weighted by molar-refractivity contribution is 5.90. The van der Waals surface area contributed by atoms with Crippen molar-refractivity contribution < 1.29 is 9.90 Å². The second-order valence-corrected chi connectivity index (χ2v) is 37.7. The number of anilines is 2. The molecule has 2 aromatic carbocycles. The number of benzene rings is 2. The molecule has 2 bridgehead atoms. The van der Waals surface area contributed by atoms with Gasteiger partial charge in [0.1, 0.15) is 5.69 Å². The summed E-state index contributed by atoms with van der Waals surface area (Å²) in [6, 6.07) is 26.3. The van der Waals surface area contributed by atoms with E-state index in [1.54, 1.807) is 24.8 Å². The van der Waals surface area contributed by atoms with E-state index in [9.17, 15) is 9.90 Å². The molecule has 0 radical (unpaired) electrons. The number of aromatic nitrogens is 6. The molecule has 1 atom stereocenters. The standard InChI is InChI=1S/C16H20N2.C15H30N2.C13H14N2.C8H20N2.C8H18N2.C7H18N2O.C7H18N2.C6H12N2.C6H14N2.C6H16N2.C5H5N3O.C4H4N2.12CH4/c1-17(2)15-9-5-13(6-10-15)14-7-11-16(12-8-14)18(3)4;1-16-10-6-14(7-11-16)4-3-5-15-8-12-17(2)13-9-15;1(2-12-4-8-14-9-5-12)3-13-6-10-15-11-7-13;1-8(10(4)5)6-7-9(2)3;1-9(2)7-5-6-8-10(3)4;1-8(2)5-7(10)6-9(3)4;1-8(2)6-5-7-9(3)4;1-2-8-5-3-7(1)4-6-8;1-7-3-5-8(2)6-4-7;1-7(2)5-6-8(3)4;6-5(9)4-3-7-1-2-8-4;1-2-6-4-3-5-1;;;;;;;;;;;;/h5-12H,1-4H3;14-15H,3-13H2,1-2H3;4-11H,1-3H2;8H,6-7H2,1-5H3;5-6H,7-8H2,1-4H3;7,10H,5-6H2,1-4H3;5-7H2,1-4H3;1-6H2;3-6H2,1-2H3;5-6H2,1-4H3;1-3H,(H2,6,9);1-4H;12*1H4/b;;;;6-5+;;;;;;;;;;;;;;;;;;;. The van der Waals surface area contributed by atoms with Crippen molar-refractivity contribution in [2.75, 3.05) is 358 Å². The number of nitrogens with zero attached hydrogens (tertiary/aromatic N) is 24. The Morgan fingerprint density at radius 2 is 0.650 bits per heavy atom. The van der Waals surface area contributed by atoms with Crippen LogP contribution in [0.5, 0.6) is 0 Å². The second kappa shape index (κ2) is 102. The van der Waals surface area contributed by atoms with Gasteiger partial charge in [-0.15, -0.1) is 0 Å². The molecule has 10 heterocycles. The second-order valence-electron chi connectivity index (χ2n) is 37.7. The van der Waals surface area contributed by atoms with E-state index in [-0.39, 0.29) is 101 Å². The van der Waals surface area contributed by atoms with Gasteiger partial charge in [0.2, 0.25) is 0 Å². The summed E-state index contributed by atoms with van der Waals surface area (Å²) in [5.74, 6) is 1.53. The number of pyridine rings is 2. The average molecular weight is 1980 g/mol. The molecule has 1 amide bonds. The van der Waals surface area contributed by atoms with Gasteiger partial charge in [-0.1, -0.05) is 145 Å². The van der Waals surface area contributed by atoms with Crippen LogP contribution in [0.2, 0.25) is 0 Å². The van der Waals surface area contributed by atoms with Gasteiger partial charge in [-0.2, -0.15) is 0 Å². The van der Waals surface area contributed by atoms with E-state index in [0.29, 0.717) is 6.04 Å². The largest absolute Gasteiger partial charge is 0.390 e. The fourth-order valence-electron chi connectivity index (χ4n) is 13.3. The first kappa shape index (κ1) is 161. The topological polar surface area (TPSA) is 199 Å². The van der Waals surface area contributed by atoms with Crippen molar-refractivity contribution in [3.05, 3.63) is 170 Å². The molecule has 826 valence electrons. The van der Waals surface area contributed by atoms with Crippen molar-refractivity contribution in [2.24, 2.45) is 17.6 Å². The lowest BCUT2D eigenvalue weighted by molar-refractivity contribution is 0.0647. The van der Waals surface area contributed by atoms with Crippen LogP contribution in [0.3, 0.4) is 0 Å². The smallest absolute Gasteiger partial charge is 0.268 e. The maximum absolute atomic E-state index is 10.3. The number of hydrogen-bond acceptors (Lipinski definition) is 26. The summed E-state index contributed by atoms with van der Waals surface area (Å²) in [4.78, 5) is 73.6. The molecule has 6 aromatic rings. The minimum Gasteiger partial charge on any atom is -0.390 e. The number of aliphatic hydroxyl groups excluding tert-OH is 1. The Balaban J connectivity index is -0.000000115. The first-order chi connectivity index (χ1) is 60.7. The minimum atomic E-state index is -0.553. The van der Waals surface area contributed by atoms with E-state index >= 15 is 0 Å². The molecule has 0 aliphatic carbocycles. The van der Waals surface area contributed by atoms with Gasteiger partial charge in [0.25, 0.3) is 5.91 Å². The van der Waals surface area contributed by atoms with Gasteiger partial charge >= 0.3 is 0 Å². The summed E-state index contributed by atoms with van der Waals surface area (Å²) < 4.78 is 0. The molecule has 6 fully saturated rings. The maximum Gasteiger partial charge on any atom is 0.268 e. The Morgan fingerprint density at radius 1 is 0.357 bits per heavy atom. The summed E-state index contributed by atoms with van der Waals surface area (Å²) in [5, 5.41) is 9.31. The molecular formula is C113H237N25O2. The molecule has 4 aromatic heterocycles. The van der Waals surface area contributed by atoms with E-state index in [1.165, 1.54) is 228 Å². The number of rotatable bonds is 31. The normalized spacial score (nSPS) is 14.8. The number of nitrogens with two attached hydrogens (primary N) is 1. The van der Waals surface area contributed by atoms with Crippen molar-refractivity contribution in [3.8, 4) is 11.1 Å². The fraction of sp³-hybridized carbons (Fsp3) is 0.708. The van der Waals surface area contributed by atoms with Crippen LogP contribution >= 0.6 is 0 Å². The summed E-state index contributed by atoms with van der Waals surface area (Å²) in [7, 11) is 58.4. The van der Waals surface area contributed by atoms with Crippen molar-refractivity contribution in [1.82, 2.24) is 108 Å². The molecule has 12 rings (SSSR count). The van der Waals surface area contributed by atoms with E-state index in [4.69, 9.17) is 5.73 Å². The van der Waals surface area contributed by atoms with Crippen molar-refractivity contribution >= 4 is 17.3 Å². The SMILES string of the molecule is C.C.C.C.C.C.C.C.C.C.C.C.C1CN2CCN1CC2.CC(CCN(C)C)N(C)C.CN(C)C/C=C/CN(C)C.CN(C)CC(O)CN(C)C.CN(C)CCCN(C)C.CN(C)CCN(C)C.CN(C)c1ccc(-c2ccc(N(C)C)cc2)cc1.CN1CCC(CCCC2CCN(C)CC2)CC1.CN1CCN(C)CC1.NC(=O)c1cnccn1.c1cc(CCCc2ccncc2)ccn1.c1cnccn1. The third-order valence-corrected chi connectivity index (χ3v) is 22.0. The lowest BCUT2D eigenvalue weighted by Crippen LogP contribution is -2.55. The molecule has 0 saturated carbocycles. The van der Waals surface area contributed by atoms with Gasteiger partial charge in [0.05, 0.1) is 12.3 Å².